The molecule has 1 heteroatoms. The van der Waals surface area contributed by atoms with Crippen LogP contribution in [0.2, 0.25) is 0 Å². The van der Waals surface area contributed by atoms with Gasteiger partial charge in [0.2, 0.25) is 0 Å². The zero-order valence-corrected chi connectivity index (χ0v) is 10.6. The highest BCUT2D eigenvalue weighted by atomic mass is 14.7. The molecule has 0 aliphatic rings. The molecule has 0 aliphatic heterocycles. The van der Waals surface area contributed by atoms with Crippen molar-refractivity contribution in [2.24, 2.45) is 0 Å². The number of rotatable bonds is 1. The Labute approximate surface area is 107 Å². The molecule has 88 valence electrons. The van der Waals surface area contributed by atoms with Crippen molar-refractivity contribution in [1.29, 1.82) is 0 Å². The molecule has 0 amide bonds. The summed E-state index contributed by atoms with van der Waals surface area (Å²) in [5.41, 5.74) is 4.85. The number of aromatic nitrogens is 1. The standard InChI is InChI=1S/C17H15N/c1-12-7-3-4-8-14(12)17-11-18-13(2)15-9-5-6-10-16(15)17/h3-11H,1-2H3. The van der Waals surface area contributed by atoms with Crippen molar-refractivity contribution in [1.82, 2.24) is 4.98 Å². The predicted octanol–water partition coefficient (Wildman–Crippen LogP) is 4.52. The molecule has 0 unspecified atom stereocenters. The minimum absolute atomic E-state index is 1.09. The Kier molecular flexibility index (Phi) is 2.60. The first-order valence-electron chi connectivity index (χ1n) is 6.18. The maximum atomic E-state index is 4.52. The first-order valence-corrected chi connectivity index (χ1v) is 6.18. The summed E-state index contributed by atoms with van der Waals surface area (Å²) in [7, 11) is 0. The molecule has 0 radical (unpaired) electrons. The fraction of sp³-hybridized carbons (Fsp3) is 0.118. The van der Waals surface area contributed by atoms with Crippen molar-refractivity contribution >= 4 is 10.8 Å². The van der Waals surface area contributed by atoms with Crippen molar-refractivity contribution in [3.63, 3.8) is 0 Å². The molecule has 1 heterocycles. The van der Waals surface area contributed by atoms with Crippen molar-refractivity contribution in [2.45, 2.75) is 13.8 Å². The van der Waals surface area contributed by atoms with Gasteiger partial charge in [-0.15, -0.1) is 0 Å². The lowest BCUT2D eigenvalue weighted by Gasteiger charge is -2.10. The Bertz CT molecular complexity index is 714. The Morgan fingerprint density at radius 1 is 0.722 bits per heavy atom. The summed E-state index contributed by atoms with van der Waals surface area (Å²) >= 11 is 0. The highest BCUT2D eigenvalue weighted by Gasteiger charge is 2.07. The number of pyridine rings is 1. The summed E-state index contributed by atoms with van der Waals surface area (Å²) in [6.45, 7) is 4.20. The molecule has 3 aromatic rings. The van der Waals surface area contributed by atoms with Crippen LogP contribution in [-0.4, -0.2) is 4.98 Å². The molecule has 2 aromatic carbocycles. The molecule has 0 saturated heterocycles. The van der Waals surface area contributed by atoms with Crippen LogP contribution in [0.3, 0.4) is 0 Å². The van der Waals surface area contributed by atoms with Crippen LogP contribution in [0.1, 0.15) is 11.3 Å². The smallest absolute Gasteiger partial charge is 0.0451 e. The molecule has 0 bridgehead atoms. The molecule has 1 aromatic heterocycles. The number of nitrogens with zero attached hydrogens (tertiary/aromatic N) is 1. The third-order valence-electron chi connectivity index (χ3n) is 3.43. The van der Waals surface area contributed by atoms with Gasteiger partial charge in [-0.1, -0.05) is 48.5 Å². The van der Waals surface area contributed by atoms with E-state index in [1.165, 1.54) is 27.5 Å². The third kappa shape index (κ3) is 1.68. The first-order chi connectivity index (χ1) is 8.77. The van der Waals surface area contributed by atoms with E-state index in [4.69, 9.17) is 0 Å². The SMILES string of the molecule is Cc1ccccc1-c1cnc(C)c2ccccc12. The average molecular weight is 233 g/mol. The highest BCUT2D eigenvalue weighted by molar-refractivity contribution is 5.97. The molecule has 0 spiro atoms. The van der Waals surface area contributed by atoms with E-state index in [9.17, 15) is 0 Å². The second-order valence-corrected chi connectivity index (χ2v) is 4.62. The number of benzene rings is 2. The molecule has 0 saturated carbocycles. The van der Waals surface area contributed by atoms with E-state index >= 15 is 0 Å². The predicted molar refractivity (Wildman–Crippen MR) is 76.7 cm³/mol. The van der Waals surface area contributed by atoms with Gasteiger partial charge in [0.25, 0.3) is 0 Å². The largest absolute Gasteiger partial charge is 0.260 e. The monoisotopic (exact) mass is 233 g/mol. The van der Waals surface area contributed by atoms with E-state index in [-0.39, 0.29) is 0 Å². The maximum Gasteiger partial charge on any atom is 0.0451 e. The van der Waals surface area contributed by atoms with Gasteiger partial charge in [0.05, 0.1) is 0 Å². The number of fused-ring (bicyclic) bond motifs is 1. The van der Waals surface area contributed by atoms with Gasteiger partial charge in [0.15, 0.2) is 0 Å². The van der Waals surface area contributed by atoms with Gasteiger partial charge in [-0.05, 0) is 30.4 Å². The van der Waals surface area contributed by atoms with Gasteiger partial charge in [0, 0.05) is 22.8 Å². The molecule has 1 nitrogen and oxygen atoms in total. The van der Waals surface area contributed by atoms with Crippen LogP contribution in [0.15, 0.2) is 54.7 Å². The lowest BCUT2D eigenvalue weighted by atomic mass is 9.96. The van der Waals surface area contributed by atoms with Crippen molar-refractivity contribution in [2.75, 3.05) is 0 Å². The quantitative estimate of drug-likeness (QED) is 0.602. The zero-order chi connectivity index (χ0) is 12.5. The molecule has 0 fully saturated rings. The Morgan fingerprint density at radius 3 is 2.17 bits per heavy atom. The highest BCUT2D eigenvalue weighted by Crippen LogP contribution is 2.30. The molecule has 0 N–H and O–H groups in total. The van der Waals surface area contributed by atoms with Gasteiger partial charge in [0.1, 0.15) is 0 Å². The second kappa shape index (κ2) is 4.26. The maximum absolute atomic E-state index is 4.52. The van der Waals surface area contributed by atoms with E-state index in [1.54, 1.807) is 0 Å². The molecule has 3 rings (SSSR count). The van der Waals surface area contributed by atoms with Crippen LogP contribution in [-0.2, 0) is 0 Å². The van der Waals surface area contributed by atoms with Crippen LogP contribution in [0.5, 0.6) is 0 Å². The molecular weight excluding hydrogens is 218 g/mol. The Morgan fingerprint density at radius 2 is 1.39 bits per heavy atom. The molecule has 0 aliphatic carbocycles. The van der Waals surface area contributed by atoms with Gasteiger partial charge < -0.3 is 0 Å². The van der Waals surface area contributed by atoms with Gasteiger partial charge >= 0.3 is 0 Å². The lowest BCUT2D eigenvalue weighted by Crippen LogP contribution is -1.90. The number of aryl methyl sites for hydroxylation is 2. The molecular formula is C17H15N. The van der Waals surface area contributed by atoms with Crippen LogP contribution in [0.4, 0.5) is 0 Å². The van der Waals surface area contributed by atoms with Gasteiger partial charge in [-0.2, -0.15) is 0 Å². The third-order valence-corrected chi connectivity index (χ3v) is 3.43. The average Bonchev–Trinajstić information content (AvgIpc) is 2.41. The van der Waals surface area contributed by atoms with E-state index in [0.717, 1.165) is 5.69 Å². The van der Waals surface area contributed by atoms with Crippen LogP contribution in [0.25, 0.3) is 21.9 Å². The summed E-state index contributed by atoms with van der Waals surface area (Å²) in [6, 6.07) is 16.9. The fourth-order valence-corrected chi connectivity index (χ4v) is 2.42. The van der Waals surface area contributed by atoms with Crippen LogP contribution < -0.4 is 0 Å². The second-order valence-electron chi connectivity index (χ2n) is 4.62. The molecule has 18 heavy (non-hydrogen) atoms. The summed E-state index contributed by atoms with van der Waals surface area (Å²) in [4.78, 5) is 4.52. The number of hydrogen-bond acceptors (Lipinski definition) is 1. The topological polar surface area (TPSA) is 12.9 Å². The van der Waals surface area contributed by atoms with Gasteiger partial charge in [-0.3, -0.25) is 4.98 Å². The van der Waals surface area contributed by atoms with E-state index < -0.39 is 0 Å². The first kappa shape index (κ1) is 11.0. The van der Waals surface area contributed by atoms with Crippen molar-refractivity contribution in [3.05, 3.63) is 66.0 Å². The molecule has 0 atom stereocenters. The van der Waals surface area contributed by atoms with E-state index in [0.29, 0.717) is 0 Å². The summed E-state index contributed by atoms with van der Waals surface area (Å²) in [5, 5.41) is 2.51. The Hall–Kier alpha value is -2.15. The Balaban J connectivity index is 2.38. The summed E-state index contributed by atoms with van der Waals surface area (Å²) in [5.74, 6) is 0. The summed E-state index contributed by atoms with van der Waals surface area (Å²) < 4.78 is 0. The number of hydrogen-bond donors (Lipinski definition) is 0. The van der Waals surface area contributed by atoms with Crippen molar-refractivity contribution < 1.29 is 0 Å². The van der Waals surface area contributed by atoms with Crippen LogP contribution >= 0.6 is 0 Å². The van der Waals surface area contributed by atoms with Crippen LogP contribution in [0, 0.1) is 13.8 Å². The summed E-state index contributed by atoms with van der Waals surface area (Å²) in [6.07, 6.45) is 1.99. The van der Waals surface area contributed by atoms with Gasteiger partial charge in [-0.25, -0.2) is 0 Å². The zero-order valence-electron chi connectivity index (χ0n) is 10.6. The minimum Gasteiger partial charge on any atom is -0.260 e. The van der Waals surface area contributed by atoms with Crippen molar-refractivity contribution in [3.8, 4) is 11.1 Å². The van der Waals surface area contributed by atoms with E-state index in [1.807, 2.05) is 6.20 Å². The lowest BCUT2D eigenvalue weighted by molar-refractivity contribution is 1.23. The fourth-order valence-electron chi connectivity index (χ4n) is 2.42. The van der Waals surface area contributed by atoms with E-state index in [2.05, 4.69) is 67.4 Å². The normalized spacial score (nSPS) is 10.8. The minimum atomic E-state index is 1.09.